The topological polar surface area (TPSA) is 67.6 Å². The first kappa shape index (κ1) is 19.7. The fraction of sp³-hybridized carbons (Fsp3) is 0.500. The van der Waals surface area contributed by atoms with Crippen LogP contribution in [0.2, 0.25) is 5.02 Å². The van der Waals surface area contributed by atoms with Crippen molar-refractivity contribution in [2.45, 2.75) is 45.3 Å². The fourth-order valence-electron chi connectivity index (χ4n) is 3.45. The number of aliphatic hydroxyl groups is 1. The van der Waals surface area contributed by atoms with Crippen molar-refractivity contribution in [2.24, 2.45) is 0 Å². The molecule has 1 aliphatic heterocycles. The Hall–Kier alpha value is -2.05. The van der Waals surface area contributed by atoms with Gasteiger partial charge in [-0.2, -0.15) is 0 Å². The first-order chi connectivity index (χ1) is 12.9. The standard InChI is InChI=1S/C20H26ClN3O3/c1-15-10-17(11-16(2)19(15)21)27-13-20(26)5-3-7-24(12-20)18(25)4-8-23-9-6-22-14-23/h6,9-11,14,26H,3-5,7-8,12-13H2,1-2H3. The number of hydrogen-bond donors (Lipinski definition) is 1. The van der Waals surface area contributed by atoms with Crippen LogP contribution in [0.25, 0.3) is 0 Å². The predicted molar refractivity (Wildman–Crippen MR) is 104 cm³/mol. The molecular weight excluding hydrogens is 366 g/mol. The quantitative estimate of drug-likeness (QED) is 0.822. The summed E-state index contributed by atoms with van der Waals surface area (Å²) in [5, 5.41) is 11.7. The number of halogens is 1. The molecule has 0 radical (unpaired) electrons. The average molecular weight is 392 g/mol. The highest BCUT2D eigenvalue weighted by Crippen LogP contribution is 2.28. The van der Waals surface area contributed by atoms with Crippen LogP contribution in [0.1, 0.15) is 30.4 Å². The Balaban J connectivity index is 1.56. The molecule has 1 aromatic heterocycles. The van der Waals surface area contributed by atoms with E-state index in [1.54, 1.807) is 17.4 Å². The van der Waals surface area contributed by atoms with Gasteiger partial charge in [-0.25, -0.2) is 4.98 Å². The van der Waals surface area contributed by atoms with Crippen molar-refractivity contribution in [3.05, 3.63) is 47.0 Å². The van der Waals surface area contributed by atoms with Crippen molar-refractivity contribution in [1.29, 1.82) is 0 Å². The monoisotopic (exact) mass is 391 g/mol. The van der Waals surface area contributed by atoms with E-state index >= 15 is 0 Å². The zero-order chi connectivity index (χ0) is 19.4. The van der Waals surface area contributed by atoms with E-state index in [9.17, 15) is 9.90 Å². The molecule has 1 N–H and O–H groups in total. The molecule has 1 saturated heterocycles. The molecular formula is C20H26ClN3O3. The molecule has 27 heavy (non-hydrogen) atoms. The Bertz CT molecular complexity index is 771. The number of carbonyl (C=O) groups excluding carboxylic acids is 1. The van der Waals surface area contributed by atoms with Crippen LogP contribution < -0.4 is 4.74 Å². The molecule has 1 aliphatic rings. The van der Waals surface area contributed by atoms with Gasteiger partial charge in [-0.3, -0.25) is 4.79 Å². The number of benzene rings is 1. The van der Waals surface area contributed by atoms with Crippen LogP contribution >= 0.6 is 11.6 Å². The van der Waals surface area contributed by atoms with Crippen molar-refractivity contribution < 1.29 is 14.6 Å². The summed E-state index contributed by atoms with van der Waals surface area (Å²) in [6.07, 6.45) is 7.00. The molecule has 7 heteroatoms. The van der Waals surface area contributed by atoms with Crippen LogP contribution in [0.15, 0.2) is 30.9 Å². The molecule has 1 aromatic carbocycles. The Labute approximate surface area is 164 Å². The van der Waals surface area contributed by atoms with Crippen LogP contribution in [0.5, 0.6) is 5.75 Å². The number of rotatable bonds is 6. The molecule has 2 heterocycles. The third kappa shape index (κ3) is 5.02. The van der Waals surface area contributed by atoms with E-state index < -0.39 is 5.60 Å². The highest BCUT2D eigenvalue weighted by Gasteiger charge is 2.36. The Morgan fingerprint density at radius 3 is 2.78 bits per heavy atom. The van der Waals surface area contributed by atoms with Gasteiger partial charge in [-0.1, -0.05) is 11.6 Å². The van der Waals surface area contributed by atoms with E-state index in [0.29, 0.717) is 38.2 Å². The molecule has 0 spiro atoms. The Kier molecular flexibility index (Phi) is 6.07. The molecule has 146 valence electrons. The number of carbonyl (C=O) groups is 1. The summed E-state index contributed by atoms with van der Waals surface area (Å²) in [5.41, 5.74) is 0.849. The van der Waals surface area contributed by atoms with Crippen LogP contribution in [0.4, 0.5) is 0 Å². The van der Waals surface area contributed by atoms with Gasteiger partial charge in [0, 0.05) is 36.9 Å². The van der Waals surface area contributed by atoms with Gasteiger partial charge in [0.15, 0.2) is 0 Å². The Morgan fingerprint density at radius 2 is 2.11 bits per heavy atom. The zero-order valence-electron chi connectivity index (χ0n) is 15.8. The third-order valence-corrected chi connectivity index (χ3v) is 5.56. The van der Waals surface area contributed by atoms with Crippen LogP contribution in [-0.2, 0) is 11.3 Å². The van der Waals surface area contributed by atoms with E-state index in [1.165, 1.54) is 0 Å². The number of imidazole rings is 1. The lowest BCUT2D eigenvalue weighted by molar-refractivity contribution is -0.140. The fourth-order valence-corrected chi connectivity index (χ4v) is 3.56. The zero-order valence-corrected chi connectivity index (χ0v) is 16.6. The molecule has 6 nitrogen and oxygen atoms in total. The SMILES string of the molecule is Cc1cc(OCC2(O)CCCN(C(=O)CCn3ccnc3)C2)cc(C)c1Cl. The number of aryl methyl sites for hydroxylation is 3. The molecule has 1 fully saturated rings. The van der Waals surface area contributed by atoms with Crippen molar-refractivity contribution in [1.82, 2.24) is 14.5 Å². The van der Waals surface area contributed by atoms with Gasteiger partial charge < -0.3 is 19.3 Å². The maximum Gasteiger partial charge on any atom is 0.224 e. The van der Waals surface area contributed by atoms with Crippen LogP contribution in [-0.4, -0.2) is 50.8 Å². The average Bonchev–Trinajstić information content (AvgIpc) is 3.16. The normalized spacial score (nSPS) is 19.9. The summed E-state index contributed by atoms with van der Waals surface area (Å²) >= 11 is 6.19. The summed E-state index contributed by atoms with van der Waals surface area (Å²) in [6, 6.07) is 3.74. The summed E-state index contributed by atoms with van der Waals surface area (Å²) < 4.78 is 7.73. The highest BCUT2D eigenvalue weighted by atomic mass is 35.5. The van der Waals surface area contributed by atoms with Gasteiger partial charge in [0.2, 0.25) is 5.91 Å². The second kappa shape index (κ2) is 8.31. The molecule has 3 rings (SSSR count). The molecule has 0 saturated carbocycles. The van der Waals surface area contributed by atoms with E-state index in [0.717, 1.165) is 22.6 Å². The highest BCUT2D eigenvalue weighted by molar-refractivity contribution is 6.32. The smallest absolute Gasteiger partial charge is 0.224 e. The van der Waals surface area contributed by atoms with Gasteiger partial charge in [0.1, 0.15) is 18.0 Å². The minimum absolute atomic E-state index is 0.0417. The van der Waals surface area contributed by atoms with Gasteiger partial charge in [-0.15, -0.1) is 0 Å². The maximum absolute atomic E-state index is 12.5. The van der Waals surface area contributed by atoms with Gasteiger partial charge in [0.25, 0.3) is 0 Å². The minimum Gasteiger partial charge on any atom is -0.491 e. The number of piperidine rings is 1. The third-order valence-electron chi connectivity index (χ3n) is 4.97. The molecule has 0 aliphatic carbocycles. The lowest BCUT2D eigenvalue weighted by Gasteiger charge is -2.39. The lowest BCUT2D eigenvalue weighted by atomic mass is 9.93. The van der Waals surface area contributed by atoms with Crippen molar-refractivity contribution in [3.63, 3.8) is 0 Å². The second-order valence-electron chi connectivity index (χ2n) is 7.35. The van der Waals surface area contributed by atoms with E-state index in [4.69, 9.17) is 16.3 Å². The van der Waals surface area contributed by atoms with Crippen LogP contribution in [0, 0.1) is 13.8 Å². The Morgan fingerprint density at radius 1 is 1.37 bits per heavy atom. The van der Waals surface area contributed by atoms with Crippen molar-refractivity contribution in [3.8, 4) is 5.75 Å². The number of nitrogens with zero attached hydrogens (tertiary/aromatic N) is 3. The van der Waals surface area contributed by atoms with Crippen LogP contribution in [0.3, 0.4) is 0 Å². The van der Waals surface area contributed by atoms with Crippen molar-refractivity contribution in [2.75, 3.05) is 19.7 Å². The predicted octanol–water partition coefficient (Wildman–Crippen LogP) is 2.98. The first-order valence-electron chi connectivity index (χ1n) is 9.22. The first-order valence-corrected chi connectivity index (χ1v) is 9.59. The van der Waals surface area contributed by atoms with Gasteiger partial charge >= 0.3 is 0 Å². The van der Waals surface area contributed by atoms with E-state index in [1.807, 2.05) is 36.7 Å². The summed E-state index contributed by atoms with van der Waals surface area (Å²) in [6.45, 7) is 5.56. The molecule has 2 aromatic rings. The molecule has 1 unspecified atom stereocenters. The molecule has 1 amide bonds. The number of ether oxygens (including phenoxy) is 1. The van der Waals surface area contributed by atoms with Gasteiger partial charge in [0.05, 0.1) is 12.9 Å². The number of amides is 1. The number of hydrogen-bond acceptors (Lipinski definition) is 4. The molecule has 0 bridgehead atoms. The second-order valence-corrected chi connectivity index (χ2v) is 7.73. The van der Waals surface area contributed by atoms with E-state index in [-0.39, 0.29) is 12.5 Å². The summed E-state index contributed by atoms with van der Waals surface area (Å²) in [7, 11) is 0. The van der Waals surface area contributed by atoms with Gasteiger partial charge in [-0.05, 0) is 49.9 Å². The summed E-state index contributed by atoms with van der Waals surface area (Å²) in [5.74, 6) is 0.728. The largest absolute Gasteiger partial charge is 0.491 e. The minimum atomic E-state index is -1.04. The lowest BCUT2D eigenvalue weighted by Crippen LogP contribution is -2.53. The number of β-amino-alcohol motifs (C(OH)–C–C–N with tert-alkyl or cyclic N) is 1. The number of aromatic nitrogens is 2. The summed E-state index contributed by atoms with van der Waals surface area (Å²) in [4.78, 5) is 18.2. The molecule has 1 atom stereocenters. The number of likely N-dealkylation sites (tertiary alicyclic amines) is 1. The maximum atomic E-state index is 12.5. The van der Waals surface area contributed by atoms with Crippen molar-refractivity contribution >= 4 is 17.5 Å². The van der Waals surface area contributed by atoms with E-state index in [2.05, 4.69) is 4.98 Å².